The maximum atomic E-state index is 3.73. The van der Waals surface area contributed by atoms with Gasteiger partial charge < -0.3 is 0 Å². The Morgan fingerprint density at radius 1 is 1.78 bits per heavy atom. The summed E-state index contributed by atoms with van der Waals surface area (Å²) >= 11 is 0. The van der Waals surface area contributed by atoms with Crippen molar-refractivity contribution in [2.24, 2.45) is 0 Å². The lowest BCUT2D eigenvalue weighted by Gasteiger charge is -2.05. The molecular weight excluding hydrogens is 110 g/mol. The van der Waals surface area contributed by atoms with Crippen molar-refractivity contribution >= 4 is 0 Å². The van der Waals surface area contributed by atoms with E-state index in [1.807, 2.05) is 6.08 Å². The largest absolute Gasteiger partial charge is 0.170 e. The molecule has 1 unspecified atom stereocenters. The van der Waals surface area contributed by atoms with E-state index < -0.39 is 0 Å². The summed E-state index contributed by atoms with van der Waals surface area (Å²) in [4.78, 5) is 2.42. The highest BCUT2D eigenvalue weighted by atomic mass is 15.1. The SMILES string of the molecule is C=CCC1CCC[N+]1C. The average Bonchev–Trinajstić information content (AvgIpc) is 2.18. The zero-order valence-corrected chi connectivity index (χ0v) is 6.14. The Balaban J connectivity index is 2.30. The second kappa shape index (κ2) is 3.02. The molecule has 0 bridgehead atoms. The fourth-order valence-electron chi connectivity index (χ4n) is 1.47. The smallest absolute Gasteiger partial charge is 0.136 e. The Morgan fingerprint density at radius 2 is 2.56 bits per heavy atom. The van der Waals surface area contributed by atoms with Gasteiger partial charge in [-0.2, -0.15) is 4.90 Å². The summed E-state index contributed by atoms with van der Waals surface area (Å²) in [6, 6.07) is 0.794. The number of likely N-dealkylation sites (tertiary alicyclic amines) is 1. The second-order valence-electron chi connectivity index (χ2n) is 2.80. The van der Waals surface area contributed by atoms with Gasteiger partial charge in [0.1, 0.15) is 19.6 Å². The Labute approximate surface area is 57.4 Å². The van der Waals surface area contributed by atoms with E-state index in [1.54, 1.807) is 0 Å². The highest BCUT2D eigenvalue weighted by molar-refractivity contribution is 4.86. The molecule has 9 heavy (non-hydrogen) atoms. The van der Waals surface area contributed by atoms with Gasteiger partial charge in [-0.05, 0) is 0 Å². The Bertz CT molecular complexity index is 98.7. The van der Waals surface area contributed by atoms with Crippen LogP contribution in [0.25, 0.3) is 0 Å². The molecule has 1 radical (unpaired) electrons. The number of rotatable bonds is 2. The van der Waals surface area contributed by atoms with Gasteiger partial charge in [0.2, 0.25) is 0 Å². The van der Waals surface area contributed by atoms with Crippen molar-refractivity contribution < 1.29 is 0 Å². The summed E-state index contributed by atoms with van der Waals surface area (Å²) in [5.41, 5.74) is 0. The maximum Gasteiger partial charge on any atom is 0.136 e. The van der Waals surface area contributed by atoms with Gasteiger partial charge in [0.25, 0.3) is 0 Å². The molecule has 0 aromatic heterocycles. The van der Waals surface area contributed by atoms with Crippen LogP contribution in [0.4, 0.5) is 0 Å². The van der Waals surface area contributed by atoms with Gasteiger partial charge in [0.15, 0.2) is 0 Å². The zero-order valence-electron chi connectivity index (χ0n) is 6.14. The van der Waals surface area contributed by atoms with E-state index >= 15 is 0 Å². The van der Waals surface area contributed by atoms with Crippen LogP contribution in [0.1, 0.15) is 19.3 Å². The first-order chi connectivity index (χ1) is 4.34. The van der Waals surface area contributed by atoms with Crippen LogP contribution in [0.2, 0.25) is 0 Å². The van der Waals surface area contributed by atoms with E-state index in [-0.39, 0.29) is 0 Å². The highest BCUT2D eigenvalue weighted by Gasteiger charge is 2.27. The quantitative estimate of drug-likeness (QED) is 0.389. The fourth-order valence-corrected chi connectivity index (χ4v) is 1.47. The molecule has 1 aliphatic heterocycles. The molecule has 1 rings (SSSR count). The van der Waals surface area contributed by atoms with Gasteiger partial charge in [0.05, 0.1) is 0 Å². The maximum absolute atomic E-state index is 3.73. The van der Waals surface area contributed by atoms with Crippen molar-refractivity contribution in [1.29, 1.82) is 0 Å². The first-order valence-corrected chi connectivity index (χ1v) is 3.65. The third kappa shape index (κ3) is 1.55. The molecule has 1 atom stereocenters. The standard InChI is InChI=1S/C8H15N/c1-3-5-8-6-4-7-9(8)2/h3,8H,1,4-7H2,2H3/q+1. The van der Waals surface area contributed by atoms with E-state index in [1.165, 1.54) is 19.4 Å². The lowest BCUT2D eigenvalue weighted by Crippen LogP contribution is -2.29. The van der Waals surface area contributed by atoms with Gasteiger partial charge in [-0.1, -0.05) is 6.08 Å². The van der Waals surface area contributed by atoms with E-state index in [0.717, 1.165) is 12.5 Å². The molecule has 0 aromatic rings. The minimum absolute atomic E-state index is 0.794. The Kier molecular flexibility index (Phi) is 2.29. The monoisotopic (exact) mass is 125 g/mol. The van der Waals surface area contributed by atoms with Crippen LogP contribution in [0, 0.1) is 0 Å². The molecule has 1 heterocycles. The fraction of sp³-hybridized carbons (Fsp3) is 0.750. The van der Waals surface area contributed by atoms with Crippen LogP contribution >= 0.6 is 0 Å². The highest BCUT2D eigenvalue weighted by Crippen LogP contribution is 2.14. The van der Waals surface area contributed by atoms with Crippen molar-refractivity contribution in [3.8, 4) is 0 Å². The summed E-state index contributed by atoms with van der Waals surface area (Å²) in [6.45, 7) is 5.01. The third-order valence-electron chi connectivity index (χ3n) is 2.11. The number of hydrogen-bond donors (Lipinski definition) is 0. The first kappa shape index (κ1) is 6.81. The van der Waals surface area contributed by atoms with Crippen LogP contribution in [-0.4, -0.2) is 19.6 Å². The van der Waals surface area contributed by atoms with E-state index in [0.29, 0.717) is 0 Å². The second-order valence-corrected chi connectivity index (χ2v) is 2.80. The summed E-state index contributed by atoms with van der Waals surface area (Å²) < 4.78 is 0. The minimum atomic E-state index is 0.794. The number of hydrogen-bond acceptors (Lipinski definition) is 1. The van der Waals surface area contributed by atoms with Crippen molar-refractivity contribution in [1.82, 2.24) is 4.90 Å². The molecule has 1 fully saturated rings. The summed E-state index contributed by atoms with van der Waals surface area (Å²) in [5.74, 6) is 0. The molecule has 1 nitrogen and oxygen atoms in total. The van der Waals surface area contributed by atoms with E-state index in [4.69, 9.17) is 0 Å². The third-order valence-corrected chi connectivity index (χ3v) is 2.11. The zero-order chi connectivity index (χ0) is 6.69. The van der Waals surface area contributed by atoms with E-state index in [9.17, 15) is 0 Å². The molecular formula is C8H15N+. The topological polar surface area (TPSA) is 5.90 Å². The molecule has 0 aliphatic carbocycles. The Morgan fingerprint density at radius 3 is 3.00 bits per heavy atom. The van der Waals surface area contributed by atoms with Crippen LogP contribution in [0.5, 0.6) is 0 Å². The van der Waals surface area contributed by atoms with Crippen molar-refractivity contribution in [2.75, 3.05) is 13.6 Å². The van der Waals surface area contributed by atoms with Crippen molar-refractivity contribution in [3.63, 3.8) is 0 Å². The Hall–Kier alpha value is -0.300. The number of nitrogens with zero attached hydrogens (tertiary/aromatic N) is 1. The van der Waals surface area contributed by atoms with Gasteiger partial charge in [0, 0.05) is 19.3 Å². The van der Waals surface area contributed by atoms with Crippen LogP contribution in [-0.2, 0) is 0 Å². The molecule has 1 saturated heterocycles. The van der Waals surface area contributed by atoms with Crippen LogP contribution in [0.3, 0.4) is 0 Å². The summed E-state index contributed by atoms with van der Waals surface area (Å²) in [5, 5.41) is 0. The minimum Gasteiger partial charge on any atom is -0.170 e. The van der Waals surface area contributed by atoms with Gasteiger partial charge in [-0.3, -0.25) is 0 Å². The molecule has 51 valence electrons. The molecule has 0 saturated carbocycles. The predicted octanol–water partition coefficient (Wildman–Crippen LogP) is 1.49. The first-order valence-electron chi connectivity index (χ1n) is 3.65. The van der Waals surface area contributed by atoms with E-state index in [2.05, 4.69) is 18.5 Å². The lowest BCUT2D eigenvalue weighted by atomic mass is 10.1. The van der Waals surface area contributed by atoms with Gasteiger partial charge in [-0.25, -0.2) is 0 Å². The normalized spacial score (nSPS) is 28.8. The van der Waals surface area contributed by atoms with Gasteiger partial charge >= 0.3 is 0 Å². The molecule has 0 spiro atoms. The van der Waals surface area contributed by atoms with Crippen molar-refractivity contribution in [2.45, 2.75) is 25.3 Å². The molecule has 0 amide bonds. The lowest BCUT2D eigenvalue weighted by molar-refractivity contribution is 0.446. The van der Waals surface area contributed by atoms with Crippen LogP contribution in [0.15, 0.2) is 12.7 Å². The average molecular weight is 125 g/mol. The molecule has 0 N–H and O–H groups in total. The molecule has 1 heteroatoms. The summed E-state index contributed by atoms with van der Waals surface area (Å²) in [6.07, 6.45) is 5.92. The van der Waals surface area contributed by atoms with Gasteiger partial charge in [-0.15, -0.1) is 6.58 Å². The predicted molar refractivity (Wildman–Crippen MR) is 40.8 cm³/mol. The summed E-state index contributed by atoms with van der Waals surface area (Å²) in [7, 11) is 2.20. The van der Waals surface area contributed by atoms with Crippen LogP contribution < -0.4 is 4.90 Å². The molecule has 1 aliphatic rings. The van der Waals surface area contributed by atoms with Crippen molar-refractivity contribution in [3.05, 3.63) is 12.7 Å². The molecule has 0 aromatic carbocycles.